The monoisotopic (exact) mass is 460 g/mol. The molecule has 30 heavy (non-hydrogen) atoms. The summed E-state index contributed by atoms with van der Waals surface area (Å²) in [5, 5.41) is 17.8. The van der Waals surface area contributed by atoms with E-state index in [2.05, 4.69) is 5.32 Å². The van der Waals surface area contributed by atoms with Gasteiger partial charge in [0.1, 0.15) is 5.28 Å². The predicted octanol–water partition coefficient (Wildman–Crippen LogP) is 3.13. The standard InChI is InChI=1S/C17H25N4O7PS/c1-5-10(2)28-29(24,25)17(3,4)20-16-11-7-6-8-14(30(19,26)27)15(11)13(21(22)23)9-12(16)18/h6-10,20H,5,18H2,1-4H3,(H,24,25)(H2,19,26,27). The Morgan fingerprint density at radius 3 is 2.50 bits per heavy atom. The number of non-ortho nitro benzene ring substituents is 1. The lowest BCUT2D eigenvalue weighted by molar-refractivity contribution is -0.383. The highest BCUT2D eigenvalue weighted by Gasteiger charge is 2.42. The fraction of sp³-hybridized carbons (Fsp3) is 0.412. The van der Waals surface area contributed by atoms with Crippen LogP contribution in [0.1, 0.15) is 34.1 Å². The largest absolute Gasteiger partial charge is 0.397 e. The summed E-state index contributed by atoms with van der Waals surface area (Å²) in [5.74, 6) is 0. The average molecular weight is 460 g/mol. The molecule has 2 rings (SSSR count). The van der Waals surface area contributed by atoms with E-state index >= 15 is 0 Å². The second-order valence-corrected chi connectivity index (χ2v) is 11.3. The minimum Gasteiger partial charge on any atom is -0.397 e. The molecule has 0 fully saturated rings. The van der Waals surface area contributed by atoms with Crippen molar-refractivity contribution in [3.63, 3.8) is 0 Å². The Hall–Kier alpha value is -2.24. The number of nitrogens with zero attached hydrogens (tertiary/aromatic N) is 1. The Morgan fingerprint density at radius 2 is 2.00 bits per heavy atom. The molecule has 0 heterocycles. The van der Waals surface area contributed by atoms with E-state index in [4.69, 9.17) is 15.4 Å². The number of fused-ring (bicyclic) bond motifs is 1. The number of benzene rings is 2. The lowest BCUT2D eigenvalue weighted by Gasteiger charge is -2.33. The maximum atomic E-state index is 12.9. The molecule has 0 amide bonds. The van der Waals surface area contributed by atoms with Crippen molar-refractivity contribution in [1.29, 1.82) is 0 Å². The van der Waals surface area contributed by atoms with Crippen LogP contribution in [0.5, 0.6) is 0 Å². The van der Waals surface area contributed by atoms with Crippen LogP contribution in [0.25, 0.3) is 10.8 Å². The van der Waals surface area contributed by atoms with Crippen molar-refractivity contribution in [1.82, 2.24) is 0 Å². The third-order valence-electron chi connectivity index (χ3n) is 4.67. The van der Waals surface area contributed by atoms with E-state index in [1.807, 2.05) is 0 Å². The molecule has 13 heteroatoms. The van der Waals surface area contributed by atoms with Crippen LogP contribution < -0.4 is 16.2 Å². The number of nitrogens with one attached hydrogen (secondary N) is 1. The Bertz CT molecular complexity index is 1150. The first-order valence-corrected chi connectivity index (χ1v) is 12.1. The van der Waals surface area contributed by atoms with Crippen molar-refractivity contribution in [3.05, 3.63) is 34.4 Å². The first-order valence-electron chi connectivity index (χ1n) is 8.94. The third kappa shape index (κ3) is 4.57. The summed E-state index contributed by atoms with van der Waals surface area (Å²) in [4.78, 5) is 20.8. The van der Waals surface area contributed by atoms with Crippen LogP contribution in [0.2, 0.25) is 0 Å². The lowest BCUT2D eigenvalue weighted by atomic mass is 10.0. The normalized spacial score (nSPS) is 15.5. The molecule has 2 aromatic carbocycles. The SMILES string of the molecule is CCC(C)OP(=O)(O)C(C)(C)Nc1c(N)cc([N+](=O)[O-])c2c(S(N)(=O)=O)cccc12. The van der Waals surface area contributed by atoms with Gasteiger partial charge in [-0.2, -0.15) is 0 Å². The van der Waals surface area contributed by atoms with Crippen molar-refractivity contribution < 1.29 is 27.3 Å². The fourth-order valence-electron chi connectivity index (χ4n) is 2.80. The van der Waals surface area contributed by atoms with Gasteiger partial charge >= 0.3 is 7.60 Å². The quantitative estimate of drug-likeness (QED) is 0.198. The summed E-state index contributed by atoms with van der Waals surface area (Å²) in [6.07, 6.45) is 0.00265. The summed E-state index contributed by atoms with van der Waals surface area (Å²) in [6, 6.07) is 4.87. The fourth-order valence-corrected chi connectivity index (χ4v) is 4.72. The van der Waals surface area contributed by atoms with Gasteiger partial charge in [0.25, 0.3) is 5.69 Å². The van der Waals surface area contributed by atoms with Crippen LogP contribution in [0.15, 0.2) is 29.2 Å². The van der Waals surface area contributed by atoms with Gasteiger partial charge < -0.3 is 20.5 Å². The third-order valence-corrected chi connectivity index (χ3v) is 7.79. The molecule has 2 unspecified atom stereocenters. The van der Waals surface area contributed by atoms with Gasteiger partial charge in [0.15, 0.2) is 0 Å². The van der Waals surface area contributed by atoms with Crippen LogP contribution in [-0.4, -0.2) is 29.6 Å². The van der Waals surface area contributed by atoms with E-state index in [0.717, 1.165) is 12.1 Å². The lowest BCUT2D eigenvalue weighted by Crippen LogP contribution is -2.33. The number of nitrogen functional groups attached to an aromatic ring is 1. The molecule has 0 aliphatic heterocycles. The molecule has 166 valence electrons. The maximum Gasteiger partial charge on any atom is 0.352 e. The summed E-state index contributed by atoms with van der Waals surface area (Å²) < 4.78 is 42.2. The minimum atomic E-state index is -4.31. The molecule has 0 aromatic heterocycles. The zero-order valence-electron chi connectivity index (χ0n) is 16.9. The van der Waals surface area contributed by atoms with E-state index in [0.29, 0.717) is 6.42 Å². The van der Waals surface area contributed by atoms with Crippen molar-refractivity contribution in [2.24, 2.45) is 5.14 Å². The van der Waals surface area contributed by atoms with Gasteiger partial charge in [-0.15, -0.1) is 0 Å². The highest BCUT2D eigenvalue weighted by Crippen LogP contribution is 2.57. The van der Waals surface area contributed by atoms with Gasteiger partial charge in [0.05, 0.1) is 32.7 Å². The Balaban J connectivity index is 2.78. The van der Waals surface area contributed by atoms with Crippen molar-refractivity contribution in [3.8, 4) is 0 Å². The van der Waals surface area contributed by atoms with Gasteiger partial charge in [0.2, 0.25) is 10.0 Å². The Labute approximate surface area is 174 Å². The topological polar surface area (TPSA) is 188 Å². The number of sulfonamides is 1. The van der Waals surface area contributed by atoms with Crippen molar-refractivity contribution in [2.75, 3.05) is 11.1 Å². The smallest absolute Gasteiger partial charge is 0.352 e. The Morgan fingerprint density at radius 1 is 1.40 bits per heavy atom. The van der Waals surface area contributed by atoms with Gasteiger partial charge in [-0.3, -0.25) is 14.7 Å². The Kier molecular flexibility index (Phi) is 6.51. The summed E-state index contributed by atoms with van der Waals surface area (Å²) >= 11 is 0. The molecule has 11 nitrogen and oxygen atoms in total. The second-order valence-electron chi connectivity index (χ2n) is 7.37. The summed E-state index contributed by atoms with van der Waals surface area (Å²) in [6.45, 7) is 6.26. The molecule has 0 aliphatic rings. The van der Waals surface area contributed by atoms with Crippen molar-refractivity contribution in [2.45, 2.75) is 50.4 Å². The van der Waals surface area contributed by atoms with Gasteiger partial charge in [0, 0.05) is 11.5 Å². The highest BCUT2D eigenvalue weighted by molar-refractivity contribution is 7.89. The molecular weight excluding hydrogens is 435 g/mol. The number of nitro benzene ring substituents is 1. The zero-order chi connectivity index (χ0) is 23.1. The molecule has 0 bridgehead atoms. The number of anilines is 2. The van der Waals surface area contributed by atoms with E-state index in [-0.39, 0.29) is 22.1 Å². The number of hydrogen-bond donors (Lipinski definition) is 4. The first-order chi connectivity index (χ1) is 13.6. The van der Waals surface area contributed by atoms with Crippen LogP contribution in [0, 0.1) is 10.1 Å². The highest BCUT2D eigenvalue weighted by atomic mass is 32.2. The van der Waals surface area contributed by atoms with Gasteiger partial charge in [-0.25, -0.2) is 13.6 Å². The molecule has 2 aromatic rings. The van der Waals surface area contributed by atoms with Crippen molar-refractivity contribution >= 4 is 45.5 Å². The van der Waals surface area contributed by atoms with Crippen LogP contribution in [-0.2, 0) is 19.1 Å². The number of primary sulfonamides is 1. The maximum absolute atomic E-state index is 12.9. The number of rotatable bonds is 8. The van der Waals surface area contributed by atoms with E-state index in [1.165, 1.54) is 26.0 Å². The van der Waals surface area contributed by atoms with Crippen LogP contribution in [0.3, 0.4) is 0 Å². The second kappa shape index (κ2) is 8.12. The summed E-state index contributed by atoms with van der Waals surface area (Å²) in [7, 11) is -8.56. The zero-order valence-corrected chi connectivity index (χ0v) is 18.7. The van der Waals surface area contributed by atoms with E-state index in [1.54, 1.807) is 13.8 Å². The number of hydrogen-bond acceptors (Lipinski definition) is 8. The molecule has 6 N–H and O–H groups in total. The molecule has 0 saturated heterocycles. The molecule has 0 aliphatic carbocycles. The molecule has 2 atom stereocenters. The van der Waals surface area contributed by atoms with Crippen LogP contribution >= 0.6 is 7.60 Å². The van der Waals surface area contributed by atoms with Gasteiger partial charge in [-0.1, -0.05) is 19.1 Å². The number of nitrogens with two attached hydrogens (primary N) is 2. The van der Waals surface area contributed by atoms with Gasteiger partial charge in [-0.05, 0) is 33.3 Å². The first kappa shape index (κ1) is 24.0. The summed E-state index contributed by atoms with van der Waals surface area (Å²) in [5.41, 5.74) is 5.38. The average Bonchev–Trinajstić information content (AvgIpc) is 2.61. The molecule has 0 radical (unpaired) electrons. The molecule has 0 saturated carbocycles. The predicted molar refractivity (Wildman–Crippen MR) is 115 cm³/mol. The van der Waals surface area contributed by atoms with E-state index in [9.17, 15) is 28.0 Å². The van der Waals surface area contributed by atoms with E-state index < -0.39 is 44.5 Å². The molecule has 0 spiro atoms. The molecular formula is C17H25N4O7PS. The minimum absolute atomic E-state index is 0.0492. The van der Waals surface area contributed by atoms with Crippen LogP contribution in [0.4, 0.5) is 17.1 Å². The number of nitro groups is 1.